The van der Waals surface area contributed by atoms with Crippen LogP contribution in [0, 0.1) is 5.92 Å². The van der Waals surface area contributed by atoms with E-state index in [9.17, 15) is 9.59 Å². The summed E-state index contributed by atoms with van der Waals surface area (Å²) in [5, 5.41) is 2.95. The molecule has 5 nitrogen and oxygen atoms in total. The highest BCUT2D eigenvalue weighted by atomic mass is 16.2. The monoisotopic (exact) mass is 365 g/mol. The quantitative estimate of drug-likeness (QED) is 0.772. The van der Waals surface area contributed by atoms with E-state index in [-0.39, 0.29) is 17.7 Å². The fourth-order valence-electron chi connectivity index (χ4n) is 3.74. The van der Waals surface area contributed by atoms with E-state index in [0.717, 1.165) is 13.1 Å². The highest BCUT2D eigenvalue weighted by Gasteiger charge is 2.36. The molecular weight excluding hydrogens is 338 g/mol. The Hall–Kier alpha value is -2.50. The first-order valence-electron chi connectivity index (χ1n) is 9.40. The van der Waals surface area contributed by atoms with Gasteiger partial charge >= 0.3 is 0 Å². The number of benzene rings is 2. The lowest BCUT2D eigenvalue weighted by Crippen LogP contribution is -2.41. The number of likely N-dealkylation sites (tertiary alicyclic amines) is 1. The number of hydrogen-bond acceptors (Lipinski definition) is 4. The maximum Gasteiger partial charge on any atom is 0.241 e. The van der Waals surface area contributed by atoms with Crippen LogP contribution in [-0.2, 0) is 4.79 Å². The molecule has 1 unspecified atom stereocenters. The third-order valence-electron chi connectivity index (χ3n) is 5.49. The van der Waals surface area contributed by atoms with Crippen LogP contribution in [0.5, 0.6) is 0 Å². The van der Waals surface area contributed by atoms with Crippen LogP contribution in [0.25, 0.3) is 0 Å². The van der Waals surface area contributed by atoms with Crippen LogP contribution in [0.4, 0.5) is 5.69 Å². The molecule has 1 amide bonds. The van der Waals surface area contributed by atoms with Crippen molar-refractivity contribution in [1.29, 1.82) is 0 Å². The Bertz CT molecular complexity index is 789. The van der Waals surface area contributed by atoms with Gasteiger partial charge in [0.1, 0.15) is 0 Å². The summed E-state index contributed by atoms with van der Waals surface area (Å²) >= 11 is 0. The van der Waals surface area contributed by atoms with Gasteiger partial charge in [-0.25, -0.2) is 0 Å². The van der Waals surface area contributed by atoms with Gasteiger partial charge in [-0.15, -0.1) is 0 Å². The number of ketones is 1. The molecule has 2 aromatic carbocycles. The number of rotatable bonds is 6. The van der Waals surface area contributed by atoms with Crippen molar-refractivity contribution in [3.8, 4) is 0 Å². The van der Waals surface area contributed by atoms with Gasteiger partial charge in [0, 0.05) is 30.3 Å². The van der Waals surface area contributed by atoms with Crippen LogP contribution in [0.15, 0.2) is 54.6 Å². The number of anilines is 1. The number of amides is 1. The molecule has 3 atom stereocenters. The van der Waals surface area contributed by atoms with Crippen molar-refractivity contribution in [3.63, 3.8) is 0 Å². The smallest absolute Gasteiger partial charge is 0.241 e. The summed E-state index contributed by atoms with van der Waals surface area (Å²) < 4.78 is 0. The van der Waals surface area contributed by atoms with E-state index in [2.05, 4.69) is 22.3 Å². The second-order valence-corrected chi connectivity index (χ2v) is 7.27. The summed E-state index contributed by atoms with van der Waals surface area (Å²) in [6.07, 6.45) is 0. The molecule has 0 aromatic heterocycles. The molecule has 5 heteroatoms. The maximum absolute atomic E-state index is 12.7. The van der Waals surface area contributed by atoms with Crippen LogP contribution in [0.2, 0.25) is 0 Å². The summed E-state index contributed by atoms with van der Waals surface area (Å²) in [6, 6.07) is 17.1. The number of nitrogens with one attached hydrogen (secondary N) is 1. The zero-order valence-corrected chi connectivity index (χ0v) is 15.9. The fourth-order valence-corrected chi connectivity index (χ4v) is 3.74. The van der Waals surface area contributed by atoms with Gasteiger partial charge in [-0.1, -0.05) is 30.3 Å². The first kappa shape index (κ1) is 19.3. The number of nitrogens with two attached hydrogens (primary N) is 1. The van der Waals surface area contributed by atoms with E-state index >= 15 is 0 Å². The van der Waals surface area contributed by atoms with Crippen LogP contribution in [0.3, 0.4) is 0 Å². The Morgan fingerprint density at radius 2 is 1.78 bits per heavy atom. The molecular formula is C22H27N3O2. The van der Waals surface area contributed by atoms with Gasteiger partial charge in [0.25, 0.3) is 0 Å². The van der Waals surface area contributed by atoms with Crippen molar-refractivity contribution in [3.05, 3.63) is 65.7 Å². The average Bonchev–Trinajstić information content (AvgIpc) is 3.13. The largest absolute Gasteiger partial charge is 0.330 e. The van der Waals surface area contributed by atoms with Gasteiger partial charge in [-0.05, 0) is 56.1 Å². The molecule has 0 spiro atoms. The van der Waals surface area contributed by atoms with Crippen molar-refractivity contribution < 1.29 is 9.59 Å². The van der Waals surface area contributed by atoms with E-state index in [1.807, 2.05) is 25.1 Å². The van der Waals surface area contributed by atoms with E-state index < -0.39 is 0 Å². The highest BCUT2D eigenvalue weighted by Crippen LogP contribution is 2.33. The Balaban J connectivity index is 1.65. The molecule has 3 N–H and O–H groups in total. The minimum absolute atomic E-state index is 0.0121. The second kappa shape index (κ2) is 8.46. The number of Topliss-reactive ketones (excluding diaryl/α,β-unsaturated/α-hetero) is 1. The third-order valence-corrected chi connectivity index (χ3v) is 5.49. The van der Waals surface area contributed by atoms with Gasteiger partial charge in [-0.3, -0.25) is 14.5 Å². The lowest BCUT2D eigenvalue weighted by atomic mass is 9.89. The highest BCUT2D eigenvalue weighted by molar-refractivity contribution is 5.97. The Kier molecular flexibility index (Phi) is 6.04. The van der Waals surface area contributed by atoms with Gasteiger partial charge in [0.2, 0.25) is 5.91 Å². The second-order valence-electron chi connectivity index (χ2n) is 7.27. The normalized spacial score (nSPS) is 21.0. The standard InChI is InChI=1S/C22H27N3O2/c1-15(22(27)24-20-10-8-17(9-11-20)16(2)26)25-13-19(12-23)21(14-25)18-6-4-3-5-7-18/h3-11,15,19,21H,12-14,23H2,1-2H3,(H,24,27)/t15?,19-,21+/m1/s1. The number of nitrogens with zero attached hydrogens (tertiary/aromatic N) is 1. The van der Waals surface area contributed by atoms with Crippen molar-refractivity contribution in [2.24, 2.45) is 11.7 Å². The summed E-state index contributed by atoms with van der Waals surface area (Å²) in [5.74, 6) is 0.659. The molecule has 0 radical (unpaired) electrons. The molecule has 142 valence electrons. The van der Waals surface area contributed by atoms with Crippen molar-refractivity contribution >= 4 is 17.4 Å². The molecule has 27 heavy (non-hydrogen) atoms. The molecule has 1 aliphatic heterocycles. The van der Waals surface area contributed by atoms with Crippen LogP contribution < -0.4 is 11.1 Å². The first-order chi connectivity index (χ1) is 13.0. The number of hydrogen-bond donors (Lipinski definition) is 2. The molecule has 1 saturated heterocycles. The summed E-state index contributed by atoms with van der Waals surface area (Å²) in [5.41, 5.74) is 8.62. The molecule has 2 aromatic rings. The topological polar surface area (TPSA) is 75.4 Å². The summed E-state index contributed by atoms with van der Waals surface area (Å²) in [4.78, 5) is 26.3. The van der Waals surface area contributed by atoms with Crippen molar-refractivity contribution in [2.45, 2.75) is 25.8 Å². The van der Waals surface area contributed by atoms with E-state index in [4.69, 9.17) is 5.73 Å². The van der Waals surface area contributed by atoms with Crippen LogP contribution in [-0.4, -0.2) is 42.3 Å². The van der Waals surface area contributed by atoms with Gasteiger partial charge in [0.15, 0.2) is 5.78 Å². The molecule has 0 saturated carbocycles. The Labute approximate surface area is 160 Å². The zero-order valence-electron chi connectivity index (χ0n) is 15.9. The van der Waals surface area contributed by atoms with Gasteiger partial charge < -0.3 is 11.1 Å². The van der Waals surface area contributed by atoms with Crippen LogP contribution in [0.1, 0.15) is 35.7 Å². The zero-order chi connectivity index (χ0) is 19.4. The minimum Gasteiger partial charge on any atom is -0.330 e. The minimum atomic E-state index is -0.250. The van der Waals surface area contributed by atoms with Gasteiger partial charge in [-0.2, -0.15) is 0 Å². The van der Waals surface area contributed by atoms with Gasteiger partial charge in [0.05, 0.1) is 6.04 Å². The molecule has 1 fully saturated rings. The molecule has 0 aliphatic carbocycles. The fraction of sp³-hybridized carbons (Fsp3) is 0.364. The maximum atomic E-state index is 12.7. The third kappa shape index (κ3) is 4.43. The average molecular weight is 365 g/mol. The van der Waals surface area contributed by atoms with Crippen molar-refractivity contribution in [2.75, 3.05) is 25.0 Å². The molecule has 3 rings (SSSR count). The van der Waals surface area contributed by atoms with E-state index in [1.165, 1.54) is 12.5 Å². The number of carbonyl (C=O) groups is 2. The molecule has 1 heterocycles. The SMILES string of the molecule is CC(=O)c1ccc(NC(=O)C(C)N2C[C@@H](CN)[C@H](c3ccccc3)C2)cc1. The van der Waals surface area contributed by atoms with Crippen molar-refractivity contribution in [1.82, 2.24) is 4.90 Å². The first-order valence-corrected chi connectivity index (χ1v) is 9.40. The van der Waals surface area contributed by atoms with E-state index in [1.54, 1.807) is 24.3 Å². The lowest BCUT2D eigenvalue weighted by Gasteiger charge is -2.23. The van der Waals surface area contributed by atoms with E-state index in [0.29, 0.717) is 29.6 Å². The summed E-state index contributed by atoms with van der Waals surface area (Å²) in [6.45, 7) is 5.70. The predicted molar refractivity (Wildman–Crippen MR) is 108 cm³/mol. The molecule has 1 aliphatic rings. The predicted octanol–water partition coefficient (Wildman–Crippen LogP) is 2.89. The lowest BCUT2D eigenvalue weighted by molar-refractivity contribution is -0.120. The Morgan fingerprint density at radius 1 is 1.11 bits per heavy atom. The van der Waals surface area contributed by atoms with Crippen LogP contribution >= 0.6 is 0 Å². The molecule has 0 bridgehead atoms. The Morgan fingerprint density at radius 3 is 2.37 bits per heavy atom. The summed E-state index contributed by atoms with van der Waals surface area (Å²) in [7, 11) is 0. The number of carbonyl (C=O) groups excluding carboxylic acids is 2.